The molecule has 6 aromatic rings. The van der Waals surface area contributed by atoms with E-state index in [1.165, 1.54) is 184 Å². The highest BCUT2D eigenvalue weighted by Crippen LogP contribution is 2.52. The van der Waals surface area contributed by atoms with Gasteiger partial charge in [0.05, 0.1) is 11.7 Å². The van der Waals surface area contributed by atoms with Crippen molar-refractivity contribution in [1.29, 1.82) is 0 Å². The molecule has 3 aromatic carbocycles. The summed E-state index contributed by atoms with van der Waals surface area (Å²) in [6.07, 6.45) is 24.5. The Hall–Kier alpha value is -3.32. The number of rotatable bonds is 23. The minimum atomic E-state index is -0.321. The number of nitrogens with zero attached hydrogens (tertiary/aromatic N) is 2. The van der Waals surface area contributed by atoms with Crippen molar-refractivity contribution in [3.05, 3.63) is 87.8 Å². The molecule has 0 N–H and O–H groups in total. The number of hydrogen-bond acceptors (Lipinski definition) is 6. The molecule has 314 valence electrons. The van der Waals surface area contributed by atoms with Crippen molar-refractivity contribution in [3.63, 3.8) is 0 Å². The van der Waals surface area contributed by atoms with Crippen LogP contribution in [0.25, 0.3) is 53.5 Å². The molecule has 0 bridgehead atoms. The van der Waals surface area contributed by atoms with E-state index < -0.39 is 0 Å². The average molecular weight is 845 g/mol. The van der Waals surface area contributed by atoms with E-state index in [0.29, 0.717) is 0 Å². The first-order valence-corrected chi connectivity index (χ1v) is 25.7. The van der Waals surface area contributed by atoms with Gasteiger partial charge in [-0.3, -0.25) is 0 Å². The summed E-state index contributed by atoms with van der Waals surface area (Å²) in [7, 11) is 0. The standard InChI is InChI=1S/C53H68N2OS3/c1-7-11-15-19-23-39-35-48(57-38(39)6)44-29-30-45(51-50(44)54-59-55-51)49-36-40(24-20-16-12-8-2)52(58-49)41-26-28-42-43-27-25-37(5)33-47(43)56-53(46(42)34-41,31-21-17-13-9-3)32-22-18-14-10-4/h25-30,33-36H,7-24,31-32H2,1-6H3. The molecule has 3 aromatic heterocycles. The van der Waals surface area contributed by atoms with Gasteiger partial charge in [0.25, 0.3) is 0 Å². The summed E-state index contributed by atoms with van der Waals surface area (Å²) >= 11 is 5.23. The van der Waals surface area contributed by atoms with E-state index in [-0.39, 0.29) is 5.60 Å². The molecule has 59 heavy (non-hydrogen) atoms. The van der Waals surface area contributed by atoms with Crippen LogP contribution < -0.4 is 4.74 Å². The fourth-order valence-electron chi connectivity index (χ4n) is 9.31. The lowest BCUT2D eigenvalue weighted by Crippen LogP contribution is -2.36. The van der Waals surface area contributed by atoms with Gasteiger partial charge in [-0.2, -0.15) is 8.75 Å². The summed E-state index contributed by atoms with van der Waals surface area (Å²) in [6, 6.07) is 23.8. The molecule has 0 fully saturated rings. The highest BCUT2D eigenvalue weighted by Gasteiger charge is 2.40. The van der Waals surface area contributed by atoms with Crippen molar-refractivity contribution >= 4 is 45.4 Å². The minimum absolute atomic E-state index is 0.321. The molecule has 0 saturated carbocycles. The number of aryl methyl sites for hydroxylation is 4. The number of thiophene rings is 2. The molecule has 0 atom stereocenters. The van der Waals surface area contributed by atoms with E-state index in [1.54, 1.807) is 0 Å². The number of ether oxygens (including phenoxy) is 1. The lowest BCUT2D eigenvalue weighted by atomic mass is 9.76. The average Bonchev–Trinajstić information content (AvgIpc) is 4.00. The third-order valence-electron chi connectivity index (χ3n) is 12.7. The number of aromatic nitrogens is 2. The largest absolute Gasteiger partial charge is 0.482 e. The Morgan fingerprint density at radius 1 is 0.525 bits per heavy atom. The summed E-state index contributed by atoms with van der Waals surface area (Å²) in [6.45, 7) is 13.7. The molecular weight excluding hydrogens is 777 g/mol. The minimum Gasteiger partial charge on any atom is -0.482 e. The van der Waals surface area contributed by atoms with Crippen LogP contribution in [0.1, 0.15) is 170 Å². The SMILES string of the molecule is CCCCCCc1cc(-c2ccc(-c3cc(CCCCCC)c(-c4ccc5c(c4)C(CCCCCC)(CCCCCC)Oc4cc(C)ccc4-5)s3)c3nsnc23)sc1C. The number of fused-ring (bicyclic) bond motifs is 4. The predicted octanol–water partition coefficient (Wildman–Crippen LogP) is 17.9. The maximum absolute atomic E-state index is 7.39. The lowest BCUT2D eigenvalue weighted by molar-refractivity contribution is 0.0386. The van der Waals surface area contributed by atoms with E-state index >= 15 is 0 Å². The van der Waals surface area contributed by atoms with Gasteiger partial charge in [-0.25, -0.2) is 0 Å². The first kappa shape index (κ1) is 43.8. The van der Waals surface area contributed by atoms with Crippen molar-refractivity contribution in [2.75, 3.05) is 0 Å². The van der Waals surface area contributed by atoms with Gasteiger partial charge in [0.2, 0.25) is 0 Å². The van der Waals surface area contributed by atoms with Crippen molar-refractivity contribution in [2.24, 2.45) is 0 Å². The van der Waals surface area contributed by atoms with Crippen molar-refractivity contribution in [3.8, 4) is 48.2 Å². The third-order valence-corrected chi connectivity index (χ3v) is 15.7. The highest BCUT2D eigenvalue weighted by molar-refractivity contribution is 7.19. The van der Waals surface area contributed by atoms with Gasteiger partial charge in [0.15, 0.2) is 0 Å². The smallest absolute Gasteiger partial charge is 0.135 e. The summed E-state index contributed by atoms with van der Waals surface area (Å²) < 4.78 is 17.3. The van der Waals surface area contributed by atoms with Crippen LogP contribution in [0.3, 0.4) is 0 Å². The second-order valence-electron chi connectivity index (χ2n) is 17.4. The quantitative estimate of drug-likeness (QED) is 0.0603. The Labute approximate surface area is 368 Å². The Morgan fingerprint density at radius 2 is 1.07 bits per heavy atom. The van der Waals surface area contributed by atoms with Crippen LogP contribution in [-0.4, -0.2) is 8.75 Å². The highest BCUT2D eigenvalue weighted by atomic mass is 32.1. The van der Waals surface area contributed by atoms with Gasteiger partial charge >= 0.3 is 0 Å². The Kier molecular flexibility index (Phi) is 15.6. The number of hydrogen-bond donors (Lipinski definition) is 0. The molecule has 3 nitrogen and oxygen atoms in total. The van der Waals surface area contributed by atoms with Crippen molar-refractivity contribution < 1.29 is 4.74 Å². The molecular formula is C53H68N2OS3. The number of unbranched alkanes of at least 4 members (excludes halogenated alkanes) is 12. The third kappa shape index (κ3) is 10.1. The monoisotopic (exact) mass is 844 g/mol. The molecule has 0 unspecified atom stereocenters. The van der Waals surface area contributed by atoms with E-state index in [2.05, 4.69) is 102 Å². The van der Waals surface area contributed by atoms with Crippen LogP contribution in [0.15, 0.2) is 60.7 Å². The van der Waals surface area contributed by atoms with Crippen LogP contribution in [0.4, 0.5) is 0 Å². The first-order valence-electron chi connectivity index (χ1n) is 23.3. The van der Waals surface area contributed by atoms with Crippen LogP contribution >= 0.6 is 34.4 Å². The van der Waals surface area contributed by atoms with E-state index in [4.69, 9.17) is 13.5 Å². The van der Waals surface area contributed by atoms with Crippen LogP contribution in [0, 0.1) is 13.8 Å². The fraction of sp³-hybridized carbons (Fsp3) is 0.509. The van der Waals surface area contributed by atoms with E-state index in [0.717, 1.165) is 42.5 Å². The second-order valence-corrected chi connectivity index (χ2v) is 20.2. The fourth-order valence-corrected chi connectivity index (χ4v) is 12.2. The van der Waals surface area contributed by atoms with Gasteiger partial charge in [0.1, 0.15) is 22.4 Å². The Morgan fingerprint density at radius 3 is 1.69 bits per heavy atom. The molecule has 0 aliphatic carbocycles. The summed E-state index contributed by atoms with van der Waals surface area (Å²) in [5, 5.41) is 0. The molecule has 7 rings (SSSR count). The molecule has 1 aliphatic rings. The van der Waals surface area contributed by atoms with E-state index in [1.807, 2.05) is 22.7 Å². The van der Waals surface area contributed by atoms with Crippen LogP contribution in [0.5, 0.6) is 5.75 Å². The van der Waals surface area contributed by atoms with Gasteiger partial charge < -0.3 is 4.74 Å². The Bertz CT molecular complexity index is 2260. The zero-order valence-electron chi connectivity index (χ0n) is 36.9. The first-order chi connectivity index (χ1) is 28.9. The predicted molar refractivity (Wildman–Crippen MR) is 260 cm³/mol. The maximum atomic E-state index is 7.39. The molecule has 0 amide bonds. The molecule has 1 aliphatic heterocycles. The van der Waals surface area contributed by atoms with Crippen LogP contribution in [-0.2, 0) is 18.4 Å². The van der Waals surface area contributed by atoms with Gasteiger partial charge in [0, 0.05) is 41.8 Å². The van der Waals surface area contributed by atoms with Crippen molar-refractivity contribution in [1.82, 2.24) is 8.75 Å². The molecule has 6 heteroatoms. The zero-order chi connectivity index (χ0) is 41.2. The second kappa shape index (κ2) is 21.0. The van der Waals surface area contributed by atoms with Crippen molar-refractivity contribution in [2.45, 2.75) is 176 Å². The Balaban J connectivity index is 1.30. The number of benzene rings is 3. The van der Waals surface area contributed by atoms with Gasteiger partial charge in [-0.05, 0) is 117 Å². The van der Waals surface area contributed by atoms with Gasteiger partial charge in [-0.15, -0.1) is 22.7 Å². The zero-order valence-corrected chi connectivity index (χ0v) is 39.4. The summed E-state index contributed by atoms with van der Waals surface area (Å²) in [5.41, 5.74) is 13.8. The molecule has 0 spiro atoms. The molecule has 0 radical (unpaired) electrons. The molecule has 4 heterocycles. The summed E-state index contributed by atoms with van der Waals surface area (Å²) in [4.78, 5) is 5.46. The van der Waals surface area contributed by atoms with E-state index in [9.17, 15) is 0 Å². The topological polar surface area (TPSA) is 35.0 Å². The normalized spacial score (nSPS) is 13.2. The van der Waals surface area contributed by atoms with Gasteiger partial charge in [-0.1, -0.05) is 141 Å². The lowest BCUT2D eigenvalue weighted by Gasteiger charge is -2.41. The summed E-state index contributed by atoms with van der Waals surface area (Å²) in [5.74, 6) is 1.07. The maximum Gasteiger partial charge on any atom is 0.135 e. The van der Waals surface area contributed by atoms with Crippen LogP contribution in [0.2, 0.25) is 0 Å². The molecule has 0 saturated heterocycles.